The normalized spacial score (nSPS) is 43.0. The maximum absolute atomic E-state index is 12.0. The van der Waals surface area contributed by atoms with Gasteiger partial charge in [-0.1, -0.05) is 27.2 Å². The summed E-state index contributed by atoms with van der Waals surface area (Å²) >= 11 is 0. The third-order valence-corrected chi connectivity index (χ3v) is 5.81. The van der Waals surface area contributed by atoms with Crippen molar-refractivity contribution in [3.05, 3.63) is 11.1 Å². The maximum Gasteiger partial charge on any atom is 0.339 e. The predicted molar refractivity (Wildman–Crippen MR) is 73.8 cm³/mol. The van der Waals surface area contributed by atoms with Crippen LogP contribution >= 0.6 is 0 Å². The van der Waals surface area contributed by atoms with E-state index in [2.05, 4.69) is 20.8 Å². The quantitative estimate of drug-likeness (QED) is 0.749. The van der Waals surface area contributed by atoms with Gasteiger partial charge in [0.15, 0.2) is 0 Å². The fraction of sp³-hybridized carbons (Fsp3) is 0.812. The lowest BCUT2D eigenvalue weighted by atomic mass is 9.50. The Bertz CT molecular complexity index is 479. The van der Waals surface area contributed by atoms with E-state index in [0.717, 1.165) is 24.8 Å². The monoisotopic (exact) mass is 280 g/mol. The Morgan fingerprint density at radius 3 is 2.65 bits per heavy atom. The molecule has 0 aromatic carbocycles. The van der Waals surface area contributed by atoms with Crippen LogP contribution in [0.25, 0.3) is 0 Å². The van der Waals surface area contributed by atoms with Crippen LogP contribution in [0.2, 0.25) is 0 Å². The van der Waals surface area contributed by atoms with Crippen molar-refractivity contribution >= 4 is 5.97 Å². The molecule has 3 aliphatic rings. The third kappa shape index (κ3) is 1.70. The van der Waals surface area contributed by atoms with E-state index in [1.807, 2.05) is 0 Å². The summed E-state index contributed by atoms with van der Waals surface area (Å²) in [7, 11) is 1.56. The van der Waals surface area contributed by atoms with Crippen LogP contribution in [-0.2, 0) is 14.3 Å². The number of carbonyl (C=O) groups is 1. The highest BCUT2D eigenvalue weighted by Crippen LogP contribution is 2.61. The second-order valence-electron chi connectivity index (χ2n) is 7.36. The second-order valence-corrected chi connectivity index (χ2v) is 7.36. The number of fused-ring (bicyclic) bond motifs is 2. The Hall–Kier alpha value is -0.870. The van der Waals surface area contributed by atoms with Gasteiger partial charge in [0.25, 0.3) is 0 Å². The molecule has 0 aromatic rings. The molecule has 1 fully saturated rings. The minimum Gasteiger partial charge on any atom is -0.428 e. The number of methoxy groups -OCH3 is 1. The molecule has 1 N–H and O–H groups in total. The molecule has 3 rings (SSSR count). The lowest BCUT2D eigenvalue weighted by Crippen LogP contribution is -2.50. The summed E-state index contributed by atoms with van der Waals surface area (Å²) in [5.74, 6) is -0.0490. The summed E-state index contributed by atoms with van der Waals surface area (Å²) in [5, 5.41) is 10.4. The molecule has 4 heteroatoms. The zero-order valence-corrected chi connectivity index (χ0v) is 12.7. The number of ether oxygens (including phenoxy) is 2. The van der Waals surface area contributed by atoms with Gasteiger partial charge in [0.2, 0.25) is 6.29 Å². The van der Waals surface area contributed by atoms with E-state index >= 15 is 0 Å². The van der Waals surface area contributed by atoms with E-state index in [0.29, 0.717) is 17.9 Å². The molecule has 0 amide bonds. The fourth-order valence-electron chi connectivity index (χ4n) is 4.88. The Labute approximate surface area is 120 Å². The standard InChI is InChI=1S/C16H24O4/c1-15(2)6-5-7-16(3)10(15)8-9(17)11-12(16)14(19-4)20-13(11)18/h9-10,14,17H,5-8H2,1-4H3/t9-,10-,14-,16-/m1/s1. The van der Waals surface area contributed by atoms with Crippen LogP contribution in [0.4, 0.5) is 0 Å². The molecule has 4 atom stereocenters. The van der Waals surface area contributed by atoms with Gasteiger partial charge in [0.05, 0.1) is 11.7 Å². The highest BCUT2D eigenvalue weighted by atomic mass is 16.7. The molecule has 0 aromatic heterocycles. The highest BCUT2D eigenvalue weighted by Gasteiger charge is 2.58. The highest BCUT2D eigenvalue weighted by molar-refractivity contribution is 5.94. The van der Waals surface area contributed by atoms with Crippen molar-refractivity contribution in [2.45, 2.75) is 58.8 Å². The molecular formula is C16H24O4. The van der Waals surface area contributed by atoms with Gasteiger partial charge in [0.1, 0.15) is 0 Å². The van der Waals surface area contributed by atoms with E-state index in [1.54, 1.807) is 7.11 Å². The summed E-state index contributed by atoms with van der Waals surface area (Å²) in [6, 6.07) is 0. The number of aliphatic hydroxyl groups excluding tert-OH is 1. The minimum absolute atomic E-state index is 0.108. The molecule has 1 heterocycles. The van der Waals surface area contributed by atoms with E-state index < -0.39 is 18.4 Å². The zero-order valence-electron chi connectivity index (χ0n) is 12.7. The van der Waals surface area contributed by atoms with Crippen LogP contribution in [0.1, 0.15) is 46.5 Å². The van der Waals surface area contributed by atoms with Crippen LogP contribution in [0.5, 0.6) is 0 Å². The summed E-state index contributed by atoms with van der Waals surface area (Å²) < 4.78 is 10.7. The molecule has 0 radical (unpaired) electrons. The van der Waals surface area contributed by atoms with E-state index in [9.17, 15) is 9.90 Å². The number of cyclic esters (lactones) is 1. The maximum atomic E-state index is 12.0. The van der Waals surface area contributed by atoms with Gasteiger partial charge in [-0.25, -0.2) is 4.79 Å². The van der Waals surface area contributed by atoms with Crippen molar-refractivity contribution in [2.24, 2.45) is 16.7 Å². The van der Waals surface area contributed by atoms with Crippen LogP contribution < -0.4 is 0 Å². The molecule has 1 saturated carbocycles. The van der Waals surface area contributed by atoms with Crippen molar-refractivity contribution in [2.75, 3.05) is 7.11 Å². The van der Waals surface area contributed by atoms with Crippen molar-refractivity contribution in [1.82, 2.24) is 0 Å². The van der Waals surface area contributed by atoms with Crippen LogP contribution in [0, 0.1) is 16.7 Å². The van der Waals surface area contributed by atoms with E-state index in [1.165, 1.54) is 0 Å². The second kappa shape index (κ2) is 4.31. The predicted octanol–water partition coefficient (Wildman–Crippen LogP) is 2.41. The SMILES string of the molecule is CO[C@@H]1OC(=O)C2=C1[C@]1(C)CCCC(C)(C)[C@H]1C[C@H]2O. The molecular weight excluding hydrogens is 256 g/mol. The van der Waals surface area contributed by atoms with Crippen molar-refractivity contribution in [1.29, 1.82) is 0 Å². The Kier molecular flexibility index (Phi) is 3.04. The summed E-state index contributed by atoms with van der Waals surface area (Å²) in [4.78, 5) is 12.0. The lowest BCUT2D eigenvalue weighted by Gasteiger charge is -2.54. The molecule has 2 aliphatic carbocycles. The third-order valence-electron chi connectivity index (χ3n) is 5.81. The summed E-state index contributed by atoms with van der Waals surface area (Å²) in [6.07, 6.45) is 2.64. The number of rotatable bonds is 1. The van der Waals surface area contributed by atoms with Gasteiger partial charge in [-0.15, -0.1) is 0 Å². The summed E-state index contributed by atoms with van der Waals surface area (Å²) in [5.41, 5.74) is 1.43. The molecule has 0 bridgehead atoms. The average molecular weight is 280 g/mol. The van der Waals surface area contributed by atoms with Crippen molar-refractivity contribution in [3.63, 3.8) is 0 Å². The van der Waals surface area contributed by atoms with Crippen LogP contribution in [0.15, 0.2) is 11.1 Å². The Morgan fingerprint density at radius 2 is 2.00 bits per heavy atom. The first-order valence-corrected chi connectivity index (χ1v) is 7.47. The first kappa shape index (κ1) is 14.1. The van der Waals surface area contributed by atoms with E-state index in [-0.39, 0.29) is 10.8 Å². The van der Waals surface area contributed by atoms with Gasteiger partial charge in [-0.3, -0.25) is 0 Å². The fourth-order valence-corrected chi connectivity index (χ4v) is 4.88. The first-order chi connectivity index (χ1) is 9.31. The zero-order chi connectivity index (χ0) is 14.7. The number of hydrogen-bond acceptors (Lipinski definition) is 4. The minimum atomic E-state index is -0.715. The van der Waals surface area contributed by atoms with Crippen LogP contribution in [-0.4, -0.2) is 30.6 Å². The smallest absolute Gasteiger partial charge is 0.339 e. The van der Waals surface area contributed by atoms with Gasteiger partial charge in [-0.05, 0) is 36.0 Å². The first-order valence-electron chi connectivity index (χ1n) is 7.47. The molecule has 0 saturated heterocycles. The average Bonchev–Trinajstić information content (AvgIpc) is 2.71. The van der Waals surface area contributed by atoms with E-state index in [4.69, 9.17) is 9.47 Å². The molecule has 112 valence electrons. The molecule has 20 heavy (non-hydrogen) atoms. The Balaban J connectivity index is 2.14. The number of carbonyl (C=O) groups excluding carboxylic acids is 1. The largest absolute Gasteiger partial charge is 0.428 e. The van der Waals surface area contributed by atoms with Gasteiger partial charge in [0, 0.05) is 12.7 Å². The van der Waals surface area contributed by atoms with Crippen LogP contribution in [0.3, 0.4) is 0 Å². The van der Waals surface area contributed by atoms with Crippen molar-refractivity contribution in [3.8, 4) is 0 Å². The number of esters is 1. The summed E-state index contributed by atoms with van der Waals surface area (Å²) in [6.45, 7) is 6.76. The molecule has 1 aliphatic heterocycles. The number of aliphatic hydroxyl groups is 1. The molecule has 4 nitrogen and oxygen atoms in total. The lowest BCUT2D eigenvalue weighted by molar-refractivity contribution is -0.158. The number of hydrogen-bond donors (Lipinski definition) is 1. The molecule has 0 unspecified atom stereocenters. The van der Waals surface area contributed by atoms with Gasteiger partial charge in [-0.2, -0.15) is 0 Å². The van der Waals surface area contributed by atoms with Gasteiger partial charge >= 0.3 is 5.97 Å². The Morgan fingerprint density at radius 1 is 1.30 bits per heavy atom. The van der Waals surface area contributed by atoms with Crippen molar-refractivity contribution < 1.29 is 19.4 Å². The topological polar surface area (TPSA) is 55.8 Å². The van der Waals surface area contributed by atoms with Gasteiger partial charge < -0.3 is 14.6 Å². The molecule has 0 spiro atoms.